The fraction of sp³-hybridized carbons (Fsp3) is 1.00. The van der Waals surface area contributed by atoms with Crippen LogP contribution in [0.1, 0.15) is 0 Å². The van der Waals surface area contributed by atoms with Crippen molar-refractivity contribution in [1.82, 2.24) is 0 Å². The van der Waals surface area contributed by atoms with Crippen molar-refractivity contribution in [2.24, 2.45) is 0 Å². The highest BCUT2D eigenvalue weighted by Crippen LogP contribution is 2.65. The van der Waals surface area contributed by atoms with Crippen LogP contribution in [0.4, 0.5) is 70.2 Å². The lowest BCUT2D eigenvalue weighted by atomic mass is 9.91. The van der Waals surface area contributed by atoms with Crippen LogP contribution < -0.4 is 0 Å². The van der Waals surface area contributed by atoms with Crippen LogP contribution in [-0.4, -0.2) is 64.3 Å². The summed E-state index contributed by atoms with van der Waals surface area (Å²) in [6.07, 6.45) is 0. The summed E-state index contributed by atoms with van der Waals surface area (Å²) < 4.78 is 241. The molecule has 0 aromatic carbocycles. The van der Waals surface area contributed by atoms with Gasteiger partial charge in [-0.05, 0) is 0 Å². The molecule has 0 rings (SSSR count). The van der Waals surface area contributed by atoms with Crippen LogP contribution in [0.15, 0.2) is 0 Å². The Morgan fingerprint density at radius 2 is 0.844 bits per heavy atom. The van der Waals surface area contributed by atoms with Gasteiger partial charge in [-0.3, -0.25) is 4.55 Å². The number of halogens is 16. The molecule has 0 radical (unpaired) electrons. The van der Waals surface area contributed by atoms with Gasteiger partial charge in [0.2, 0.25) is 0 Å². The minimum absolute atomic E-state index is 2.19. The highest BCUT2D eigenvalue weighted by Gasteiger charge is 2.96. The molecule has 194 valence electrons. The van der Waals surface area contributed by atoms with Crippen molar-refractivity contribution in [2.45, 2.75) is 46.0 Å². The summed E-state index contributed by atoms with van der Waals surface area (Å²) in [7, 11) is -7.90. The molecule has 24 heteroatoms. The molecule has 0 aliphatic carbocycles. The molecular formula is C8H2F16O6S2. The summed E-state index contributed by atoms with van der Waals surface area (Å²) in [5.41, 5.74) is 0. The Hall–Kier alpha value is -0.980. The van der Waals surface area contributed by atoms with Gasteiger partial charge in [0, 0.05) is 0 Å². The van der Waals surface area contributed by atoms with Gasteiger partial charge in [-0.25, -0.2) is 5.26 Å². The molecule has 0 heterocycles. The van der Waals surface area contributed by atoms with E-state index in [4.69, 9.17) is 9.81 Å². The van der Waals surface area contributed by atoms with Crippen LogP contribution in [0.2, 0.25) is 0 Å². The predicted molar refractivity (Wildman–Crippen MR) is 63.5 cm³/mol. The summed E-state index contributed by atoms with van der Waals surface area (Å²) in [6.45, 7) is 0. The first kappa shape index (κ1) is 31.0. The second kappa shape index (κ2) is 8.06. The van der Waals surface area contributed by atoms with Crippen LogP contribution >= 0.6 is 12.0 Å². The zero-order valence-corrected chi connectivity index (χ0v) is 15.0. The van der Waals surface area contributed by atoms with Crippen molar-refractivity contribution >= 4 is 22.2 Å². The standard InChI is InChI=1S/C8H2F16O6S2/c9-1(10,3(13,14)5(17,18)7(21,22)31-30-29-25)2(11,12)4(15,16)6(19,20)8(23,24)32(26,27)28/h25H,(H,26,27,28). The predicted octanol–water partition coefficient (Wildman–Crippen LogP) is 4.94. The molecule has 32 heavy (non-hydrogen) atoms. The zero-order valence-electron chi connectivity index (χ0n) is 13.4. The zero-order chi connectivity index (χ0) is 26.6. The smallest absolute Gasteiger partial charge is 0.281 e. The van der Waals surface area contributed by atoms with Crippen LogP contribution in [0.5, 0.6) is 0 Å². The number of hydrogen-bond donors (Lipinski definition) is 2. The normalized spacial score (nSPS) is 16.4. The molecule has 0 atom stereocenters. The Kier molecular flexibility index (Phi) is 7.81. The quantitative estimate of drug-likeness (QED) is 0.121. The van der Waals surface area contributed by atoms with Gasteiger partial charge in [-0.1, -0.05) is 5.04 Å². The van der Waals surface area contributed by atoms with Gasteiger partial charge in [-0.15, -0.1) is 4.33 Å². The van der Waals surface area contributed by atoms with Crippen LogP contribution in [-0.2, 0) is 19.5 Å². The Balaban J connectivity index is 6.85. The van der Waals surface area contributed by atoms with Crippen LogP contribution in [0.3, 0.4) is 0 Å². The van der Waals surface area contributed by atoms with Crippen molar-refractivity contribution in [1.29, 1.82) is 0 Å². The van der Waals surface area contributed by atoms with Crippen molar-refractivity contribution in [2.75, 3.05) is 0 Å². The maximum absolute atomic E-state index is 13.3. The molecule has 0 unspecified atom stereocenters. The van der Waals surface area contributed by atoms with Gasteiger partial charge in [0.25, 0.3) is 0 Å². The monoisotopic (exact) mass is 562 g/mol. The molecule has 0 bridgehead atoms. The van der Waals surface area contributed by atoms with E-state index in [1.807, 2.05) is 0 Å². The lowest BCUT2D eigenvalue weighted by Crippen LogP contribution is -2.75. The van der Waals surface area contributed by atoms with Gasteiger partial charge in [0.1, 0.15) is 12.0 Å². The molecular weight excluding hydrogens is 560 g/mol. The van der Waals surface area contributed by atoms with E-state index < -0.39 is 68.2 Å². The maximum Gasteiger partial charge on any atom is 0.438 e. The topological polar surface area (TPSA) is 93.1 Å². The minimum Gasteiger partial charge on any atom is -0.281 e. The molecule has 0 fully saturated rings. The van der Waals surface area contributed by atoms with Crippen molar-refractivity contribution in [3.8, 4) is 0 Å². The molecule has 0 spiro atoms. The van der Waals surface area contributed by atoms with Gasteiger partial charge in [0.15, 0.2) is 0 Å². The summed E-state index contributed by atoms with van der Waals surface area (Å²) in [5, 5.41) is -5.14. The van der Waals surface area contributed by atoms with Gasteiger partial charge in [0.05, 0.1) is 0 Å². The second-order valence-corrected chi connectivity index (χ2v) is 7.46. The minimum atomic E-state index is -8.86. The van der Waals surface area contributed by atoms with Crippen LogP contribution in [0.25, 0.3) is 0 Å². The third kappa shape index (κ3) is 3.94. The van der Waals surface area contributed by atoms with E-state index in [1.54, 1.807) is 0 Å². The SMILES string of the molecule is O=S(=O)(O)C(F)(F)C(F)(F)C(F)(F)C(F)(F)C(F)(F)C(F)(F)C(F)(F)C(F)(F)SOOO. The average molecular weight is 562 g/mol. The Morgan fingerprint density at radius 1 is 0.562 bits per heavy atom. The van der Waals surface area contributed by atoms with Gasteiger partial charge >= 0.3 is 56.2 Å². The van der Waals surface area contributed by atoms with Crippen molar-refractivity contribution in [3.05, 3.63) is 0 Å². The highest BCUT2D eigenvalue weighted by molar-refractivity contribution is 7.95. The first-order valence-corrected chi connectivity index (χ1v) is 8.40. The number of rotatable bonds is 11. The first-order chi connectivity index (χ1) is 13.6. The van der Waals surface area contributed by atoms with Crippen molar-refractivity contribution in [3.63, 3.8) is 0 Å². The fourth-order valence-electron chi connectivity index (χ4n) is 1.43. The molecule has 0 saturated heterocycles. The van der Waals surface area contributed by atoms with Gasteiger partial charge < -0.3 is 0 Å². The fourth-order valence-corrected chi connectivity index (χ4v) is 2.23. The Bertz CT molecular complexity index is 794. The molecule has 0 aliphatic heterocycles. The number of alkyl halides is 16. The summed E-state index contributed by atoms with van der Waals surface area (Å²) in [5.74, 6) is -51.4. The second-order valence-electron chi connectivity index (χ2n) is 5.18. The van der Waals surface area contributed by atoms with E-state index in [0.717, 1.165) is 0 Å². The van der Waals surface area contributed by atoms with E-state index in [2.05, 4.69) is 9.37 Å². The Labute approximate surface area is 167 Å². The molecule has 0 aromatic heterocycles. The van der Waals surface area contributed by atoms with Crippen LogP contribution in [0, 0.1) is 0 Å². The van der Waals surface area contributed by atoms with E-state index in [9.17, 15) is 78.7 Å². The van der Waals surface area contributed by atoms with Crippen molar-refractivity contribution < 1.29 is 97.8 Å². The third-order valence-electron chi connectivity index (χ3n) is 3.20. The average Bonchev–Trinajstić information content (AvgIpc) is 2.57. The molecule has 6 nitrogen and oxygen atoms in total. The molecule has 0 amide bonds. The highest BCUT2D eigenvalue weighted by atomic mass is 32.2. The lowest BCUT2D eigenvalue weighted by Gasteiger charge is -2.42. The largest absolute Gasteiger partial charge is 0.438 e. The van der Waals surface area contributed by atoms with E-state index in [1.165, 1.54) is 0 Å². The molecule has 0 aliphatic rings. The number of hydrogen-bond acceptors (Lipinski definition) is 6. The maximum atomic E-state index is 13.3. The summed E-state index contributed by atoms with van der Waals surface area (Å²) >= 11 is -2.52. The summed E-state index contributed by atoms with van der Waals surface area (Å²) in [6, 6.07) is 0. The molecule has 2 N–H and O–H groups in total. The molecule has 0 saturated carbocycles. The molecule has 0 aromatic rings. The van der Waals surface area contributed by atoms with E-state index in [0.29, 0.717) is 0 Å². The first-order valence-electron chi connectivity index (χ1n) is 6.21. The third-order valence-corrected chi connectivity index (χ3v) is 4.69. The summed E-state index contributed by atoms with van der Waals surface area (Å²) in [4.78, 5) is 0. The lowest BCUT2D eigenvalue weighted by molar-refractivity contribution is -0.448. The van der Waals surface area contributed by atoms with Gasteiger partial charge in [-0.2, -0.15) is 78.7 Å². The Morgan fingerprint density at radius 3 is 1.12 bits per heavy atom. The van der Waals surface area contributed by atoms with E-state index >= 15 is 0 Å². The van der Waals surface area contributed by atoms with E-state index in [-0.39, 0.29) is 0 Å².